The number of urea groups is 1. The Balaban J connectivity index is 2.77. The molecule has 0 aromatic carbocycles. The number of carboxylic acid groups (broad SMARTS) is 1. The number of carboxylic acids is 1. The Hall–Kier alpha value is -1.79. The standard InChI is InChI=1S/C12H21N3O4/c1-12(10(17)18)6-5-7-15(12)11(19)14(4)8-9(16)13(2)3/h5-8H2,1-4H3,(H,17,18). The van der Waals surface area contributed by atoms with Gasteiger partial charge in [0, 0.05) is 27.7 Å². The van der Waals surface area contributed by atoms with Gasteiger partial charge in [0.1, 0.15) is 12.1 Å². The Kier molecular flexibility index (Phi) is 4.39. The van der Waals surface area contributed by atoms with Crippen LogP contribution in [-0.2, 0) is 9.59 Å². The Morgan fingerprint density at radius 1 is 1.26 bits per heavy atom. The van der Waals surface area contributed by atoms with Crippen molar-refractivity contribution in [3.05, 3.63) is 0 Å². The van der Waals surface area contributed by atoms with Crippen LogP contribution in [0.5, 0.6) is 0 Å². The van der Waals surface area contributed by atoms with Crippen molar-refractivity contribution in [2.24, 2.45) is 0 Å². The van der Waals surface area contributed by atoms with Crippen molar-refractivity contribution in [3.8, 4) is 0 Å². The number of amides is 3. The summed E-state index contributed by atoms with van der Waals surface area (Å²) < 4.78 is 0. The highest BCUT2D eigenvalue weighted by Gasteiger charge is 2.46. The lowest BCUT2D eigenvalue weighted by Gasteiger charge is -2.34. The van der Waals surface area contributed by atoms with E-state index in [-0.39, 0.29) is 12.5 Å². The first-order valence-corrected chi connectivity index (χ1v) is 6.16. The average molecular weight is 271 g/mol. The molecule has 1 fully saturated rings. The zero-order valence-corrected chi connectivity index (χ0v) is 11.8. The molecule has 0 radical (unpaired) electrons. The van der Waals surface area contributed by atoms with Gasteiger partial charge in [-0.25, -0.2) is 9.59 Å². The van der Waals surface area contributed by atoms with E-state index in [2.05, 4.69) is 0 Å². The fourth-order valence-corrected chi connectivity index (χ4v) is 2.11. The molecule has 1 aliphatic rings. The molecule has 0 spiro atoms. The molecule has 3 amide bonds. The molecule has 1 atom stereocenters. The molecule has 0 aromatic heterocycles. The van der Waals surface area contributed by atoms with E-state index in [1.165, 1.54) is 21.7 Å². The van der Waals surface area contributed by atoms with Gasteiger partial charge < -0.3 is 19.8 Å². The molecule has 1 rings (SSSR count). The number of likely N-dealkylation sites (N-methyl/N-ethyl adjacent to an activating group) is 2. The molecule has 0 saturated carbocycles. The molecule has 1 heterocycles. The number of aliphatic carboxylic acids is 1. The number of likely N-dealkylation sites (tertiary alicyclic amines) is 1. The summed E-state index contributed by atoms with van der Waals surface area (Å²) in [5, 5.41) is 9.26. The van der Waals surface area contributed by atoms with Crippen molar-refractivity contribution in [1.82, 2.24) is 14.7 Å². The first kappa shape index (κ1) is 15.3. The Labute approximate surface area is 112 Å². The van der Waals surface area contributed by atoms with Gasteiger partial charge in [0.15, 0.2) is 0 Å². The second-order valence-electron chi connectivity index (χ2n) is 5.26. The first-order chi connectivity index (χ1) is 8.70. The van der Waals surface area contributed by atoms with Gasteiger partial charge in [-0.3, -0.25) is 4.79 Å². The summed E-state index contributed by atoms with van der Waals surface area (Å²) in [6, 6.07) is -0.419. The van der Waals surface area contributed by atoms with Gasteiger partial charge in [0.2, 0.25) is 5.91 Å². The van der Waals surface area contributed by atoms with Crippen LogP contribution >= 0.6 is 0 Å². The summed E-state index contributed by atoms with van der Waals surface area (Å²) in [6.07, 6.45) is 1.09. The van der Waals surface area contributed by atoms with Crippen LogP contribution in [0.3, 0.4) is 0 Å². The molecule has 1 saturated heterocycles. The molecule has 19 heavy (non-hydrogen) atoms. The van der Waals surface area contributed by atoms with E-state index in [0.717, 1.165) is 0 Å². The predicted octanol–water partition coefficient (Wildman–Crippen LogP) is 0.0655. The average Bonchev–Trinajstić information content (AvgIpc) is 2.71. The minimum absolute atomic E-state index is 0.0575. The van der Waals surface area contributed by atoms with Crippen LogP contribution in [0.25, 0.3) is 0 Å². The van der Waals surface area contributed by atoms with Gasteiger partial charge >= 0.3 is 12.0 Å². The zero-order chi connectivity index (χ0) is 14.8. The largest absolute Gasteiger partial charge is 0.480 e. The maximum atomic E-state index is 12.2. The molecule has 108 valence electrons. The maximum absolute atomic E-state index is 12.2. The van der Waals surface area contributed by atoms with Crippen LogP contribution < -0.4 is 0 Å². The fraction of sp³-hybridized carbons (Fsp3) is 0.750. The summed E-state index contributed by atoms with van der Waals surface area (Å²) in [6.45, 7) is 1.89. The van der Waals surface area contributed by atoms with Crippen molar-refractivity contribution in [3.63, 3.8) is 0 Å². The van der Waals surface area contributed by atoms with E-state index < -0.39 is 17.5 Å². The summed E-state index contributed by atoms with van der Waals surface area (Å²) in [4.78, 5) is 39.1. The van der Waals surface area contributed by atoms with E-state index >= 15 is 0 Å². The van der Waals surface area contributed by atoms with Crippen LogP contribution in [0, 0.1) is 0 Å². The summed E-state index contributed by atoms with van der Waals surface area (Å²) in [5.74, 6) is -1.21. The van der Waals surface area contributed by atoms with Crippen molar-refractivity contribution in [1.29, 1.82) is 0 Å². The van der Waals surface area contributed by atoms with Gasteiger partial charge in [-0.2, -0.15) is 0 Å². The summed E-state index contributed by atoms with van der Waals surface area (Å²) >= 11 is 0. The highest BCUT2D eigenvalue weighted by atomic mass is 16.4. The number of hydrogen-bond donors (Lipinski definition) is 1. The summed E-state index contributed by atoms with van der Waals surface area (Å²) in [5.41, 5.74) is -1.17. The molecular weight excluding hydrogens is 250 g/mol. The second kappa shape index (κ2) is 5.46. The Morgan fingerprint density at radius 3 is 2.32 bits per heavy atom. The minimum atomic E-state index is -1.17. The van der Waals surface area contributed by atoms with Gasteiger partial charge in [-0.05, 0) is 19.8 Å². The van der Waals surface area contributed by atoms with Gasteiger partial charge in [-0.1, -0.05) is 0 Å². The van der Waals surface area contributed by atoms with Crippen molar-refractivity contribution >= 4 is 17.9 Å². The van der Waals surface area contributed by atoms with Gasteiger partial charge in [0.25, 0.3) is 0 Å². The van der Waals surface area contributed by atoms with E-state index in [9.17, 15) is 19.5 Å². The Bertz CT molecular complexity index is 396. The van der Waals surface area contributed by atoms with E-state index in [0.29, 0.717) is 19.4 Å². The smallest absolute Gasteiger partial charge is 0.329 e. The highest BCUT2D eigenvalue weighted by molar-refractivity contribution is 5.88. The van der Waals surface area contributed by atoms with Crippen molar-refractivity contribution in [2.75, 3.05) is 34.2 Å². The third-order valence-corrected chi connectivity index (χ3v) is 3.53. The molecular formula is C12H21N3O4. The van der Waals surface area contributed by atoms with Crippen LogP contribution in [0.1, 0.15) is 19.8 Å². The quantitative estimate of drug-likeness (QED) is 0.787. The predicted molar refractivity (Wildman–Crippen MR) is 68.7 cm³/mol. The molecule has 1 aliphatic heterocycles. The van der Waals surface area contributed by atoms with Crippen molar-refractivity contribution in [2.45, 2.75) is 25.3 Å². The fourth-order valence-electron chi connectivity index (χ4n) is 2.11. The third-order valence-electron chi connectivity index (χ3n) is 3.53. The first-order valence-electron chi connectivity index (χ1n) is 6.16. The lowest BCUT2D eigenvalue weighted by atomic mass is 10.00. The van der Waals surface area contributed by atoms with Crippen LogP contribution in [0.15, 0.2) is 0 Å². The molecule has 7 heteroatoms. The molecule has 0 bridgehead atoms. The molecule has 0 aliphatic carbocycles. The number of nitrogens with zero attached hydrogens (tertiary/aromatic N) is 3. The SMILES string of the molecule is CN(C)C(=O)CN(C)C(=O)N1CCCC1(C)C(=O)O. The van der Waals surface area contributed by atoms with E-state index in [1.54, 1.807) is 21.0 Å². The minimum Gasteiger partial charge on any atom is -0.480 e. The monoisotopic (exact) mass is 271 g/mol. The van der Waals surface area contributed by atoms with Crippen molar-refractivity contribution < 1.29 is 19.5 Å². The lowest BCUT2D eigenvalue weighted by molar-refractivity contribution is -0.147. The van der Waals surface area contributed by atoms with E-state index in [4.69, 9.17) is 0 Å². The number of carbonyl (C=O) groups is 3. The van der Waals surface area contributed by atoms with Crippen LogP contribution in [0.4, 0.5) is 4.79 Å². The third kappa shape index (κ3) is 2.97. The topological polar surface area (TPSA) is 81.2 Å². The molecule has 1 N–H and O–H groups in total. The van der Waals surface area contributed by atoms with Gasteiger partial charge in [0.05, 0.1) is 0 Å². The lowest BCUT2D eigenvalue weighted by Crippen LogP contribution is -2.55. The summed E-state index contributed by atoms with van der Waals surface area (Å²) in [7, 11) is 4.72. The maximum Gasteiger partial charge on any atom is 0.329 e. The van der Waals surface area contributed by atoms with Crippen LogP contribution in [-0.4, -0.2) is 77.5 Å². The number of rotatable bonds is 3. The van der Waals surface area contributed by atoms with E-state index in [1.807, 2.05) is 0 Å². The molecule has 0 aromatic rings. The normalized spacial score (nSPS) is 22.2. The second-order valence-corrected chi connectivity index (χ2v) is 5.26. The van der Waals surface area contributed by atoms with Crippen LogP contribution in [0.2, 0.25) is 0 Å². The van der Waals surface area contributed by atoms with Gasteiger partial charge in [-0.15, -0.1) is 0 Å². The highest BCUT2D eigenvalue weighted by Crippen LogP contribution is 2.30. The number of carbonyl (C=O) groups excluding carboxylic acids is 2. The Morgan fingerprint density at radius 2 is 1.84 bits per heavy atom. The molecule has 1 unspecified atom stereocenters. The number of hydrogen-bond acceptors (Lipinski definition) is 3. The molecule has 7 nitrogen and oxygen atoms in total. The zero-order valence-electron chi connectivity index (χ0n) is 11.8.